The average molecular weight is 286 g/mol. The van der Waals surface area contributed by atoms with Crippen molar-refractivity contribution >= 4 is 11.9 Å². The summed E-state index contributed by atoms with van der Waals surface area (Å²) in [6.07, 6.45) is 7.62. The summed E-state index contributed by atoms with van der Waals surface area (Å²) < 4.78 is 9.60. The van der Waals surface area contributed by atoms with Gasteiger partial charge in [0.25, 0.3) is 0 Å². The van der Waals surface area contributed by atoms with Crippen LogP contribution in [0.5, 0.6) is 0 Å². The molecule has 2 N–H and O–H groups in total. The molecule has 0 aromatic heterocycles. The normalized spacial score (nSPS) is 22.3. The van der Waals surface area contributed by atoms with Gasteiger partial charge in [-0.25, -0.2) is 0 Å². The number of carbonyl (C=O) groups excluding carboxylic acids is 2. The van der Waals surface area contributed by atoms with Crippen LogP contribution in [-0.2, 0) is 19.1 Å². The fourth-order valence-electron chi connectivity index (χ4n) is 1.96. The first-order valence-electron chi connectivity index (χ1n) is 7.00. The van der Waals surface area contributed by atoms with Gasteiger partial charge in [0.1, 0.15) is 0 Å². The van der Waals surface area contributed by atoms with E-state index in [0.29, 0.717) is 12.8 Å². The number of carbonyl (C=O) groups is 2. The lowest BCUT2D eigenvalue weighted by atomic mass is 10.1. The average Bonchev–Trinajstić information content (AvgIpc) is 2.39. The van der Waals surface area contributed by atoms with Crippen molar-refractivity contribution in [2.75, 3.05) is 6.61 Å². The van der Waals surface area contributed by atoms with Crippen LogP contribution in [0.25, 0.3) is 0 Å². The van der Waals surface area contributed by atoms with E-state index in [9.17, 15) is 14.7 Å². The van der Waals surface area contributed by atoms with Gasteiger partial charge in [0.15, 0.2) is 0 Å². The van der Waals surface area contributed by atoms with Crippen LogP contribution in [-0.4, -0.2) is 34.7 Å². The van der Waals surface area contributed by atoms with E-state index in [2.05, 4.69) is 0 Å². The third kappa shape index (κ3) is 6.68. The molecule has 0 radical (unpaired) electrons. The van der Waals surface area contributed by atoms with Crippen molar-refractivity contribution in [3.63, 3.8) is 0 Å². The quantitative estimate of drug-likeness (QED) is 0.589. The van der Waals surface area contributed by atoms with Crippen molar-refractivity contribution in [2.45, 2.75) is 57.3 Å². The van der Waals surface area contributed by atoms with Gasteiger partial charge in [-0.3, -0.25) is 9.59 Å². The molecule has 0 saturated carbocycles. The Morgan fingerprint density at radius 1 is 0.950 bits per heavy atom. The van der Waals surface area contributed by atoms with Gasteiger partial charge in [-0.1, -0.05) is 31.8 Å². The minimum Gasteiger partial charge on any atom is -0.395 e. The first-order chi connectivity index (χ1) is 9.56. The molecule has 1 aliphatic heterocycles. The number of ether oxygens (including phenoxy) is 2. The summed E-state index contributed by atoms with van der Waals surface area (Å²) in [6.45, 7) is -0.364. The molecule has 1 saturated heterocycles. The molecule has 0 aromatic carbocycles. The molecule has 0 amide bonds. The largest absolute Gasteiger partial charge is 0.395 e. The molecule has 1 aliphatic rings. The van der Waals surface area contributed by atoms with Gasteiger partial charge in [-0.2, -0.15) is 0 Å². The summed E-state index contributed by atoms with van der Waals surface area (Å²) >= 11 is 0. The van der Waals surface area contributed by atoms with Crippen molar-refractivity contribution in [3.05, 3.63) is 12.2 Å². The molecule has 0 bridgehead atoms. The second-order valence-electron chi connectivity index (χ2n) is 4.79. The Balaban J connectivity index is 2.73. The van der Waals surface area contributed by atoms with Crippen molar-refractivity contribution < 1.29 is 29.3 Å². The maximum atomic E-state index is 11.6. The Morgan fingerprint density at radius 2 is 1.40 bits per heavy atom. The summed E-state index contributed by atoms with van der Waals surface area (Å²) in [4.78, 5) is 23.2. The zero-order valence-corrected chi connectivity index (χ0v) is 11.5. The van der Waals surface area contributed by atoms with Crippen LogP contribution < -0.4 is 0 Å². The molecule has 114 valence electrons. The highest BCUT2D eigenvalue weighted by Gasteiger charge is 2.33. The monoisotopic (exact) mass is 286 g/mol. The van der Waals surface area contributed by atoms with Crippen molar-refractivity contribution in [1.29, 1.82) is 0 Å². The molecule has 1 heterocycles. The van der Waals surface area contributed by atoms with Gasteiger partial charge < -0.3 is 19.7 Å². The number of rotatable bonds is 2. The van der Waals surface area contributed by atoms with Crippen LogP contribution >= 0.6 is 0 Å². The lowest BCUT2D eigenvalue weighted by Crippen LogP contribution is -2.38. The van der Waals surface area contributed by atoms with Gasteiger partial charge in [0.2, 0.25) is 0 Å². The third-order valence-electron chi connectivity index (χ3n) is 2.97. The van der Waals surface area contributed by atoms with Crippen LogP contribution in [0, 0.1) is 0 Å². The lowest BCUT2D eigenvalue weighted by Gasteiger charge is -2.23. The molecular formula is C14H22O6. The van der Waals surface area contributed by atoms with E-state index in [-0.39, 0.29) is 19.4 Å². The SMILES string of the molecule is O=C1CCCCCCCCC(=O)OC(O)(/C=C/CO)O1. The predicted octanol–water partition coefficient (Wildman–Crippen LogP) is 1.40. The minimum atomic E-state index is -2.43. The maximum absolute atomic E-state index is 11.6. The Hall–Kier alpha value is -1.40. The van der Waals surface area contributed by atoms with E-state index in [1.165, 1.54) is 0 Å². The minimum absolute atomic E-state index is 0.160. The van der Waals surface area contributed by atoms with Gasteiger partial charge in [-0.15, -0.1) is 0 Å². The molecule has 0 atom stereocenters. The first-order valence-corrected chi connectivity index (χ1v) is 7.00. The van der Waals surface area contributed by atoms with E-state index in [1.54, 1.807) is 0 Å². The van der Waals surface area contributed by atoms with Crippen LogP contribution in [0.4, 0.5) is 0 Å². The van der Waals surface area contributed by atoms with E-state index in [0.717, 1.165) is 37.8 Å². The second kappa shape index (κ2) is 8.71. The molecule has 1 fully saturated rings. The highest BCUT2D eigenvalue weighted by atomic mass is 16.8. The number of hydrogen-bond donors (Lipinski definition) is 2. The topological polar surface area (TPSA) is 93.1 Å². The number of aliphatic hydroxyl groups is 2. The summed E-state index contributed by atoms with van der Waals surface area (Å²) in [6, 6.07) is 0. The predicted molar refractivity (Wildman–Crippen MR) is 70.3 cm³/mol. The Morgan fingerprint density at radius 3 is 1.85 bits per heavy atom. The van der Waals surface area contributed by atoms with Gasteiger partial charge in [-0.05, 0) is 12.8 Å². The van der Waals surface area contributed by atoms with E-state index < -0.39 is 17.9 Å². The van der Waals surface area contributed by atoms with Crippen LogP contribution in [0.2, 0.25) is 0 Å². The van der Waals surface area contributed by atoms with Crippen molar-refractivity contribution in [2.24, 2.45) is 0 Å². The van der Waals surface area contributed by atoms with Crippen molar-refractivity contribution in [1.82, 2.24) is 0 Å². The summed E-state index contributed by atoms with van der Waals surface area (Å²) in [5.41, 5.74) is 0. The number of esters is 2. The van der Waals surface area contributed by atoms with Gasteiger partial charge in [0, 0.05) is 18.9 Å². The Labute approximate surface area is 118 Å². The Kier molecular flexibility index (Phi) is 7.25. The second-order valence-corrected chi connectivity index (χ2v) is 4.79. The van der Waals surface area contributed by atoms with Gasteiger partial charge in [0.05, 0.1) is 6.61 Å². The first kappa shape index (κ1) is 16.7. The van der Waals surface area contributed by atoms with Crippen molar-refractivity contribution in [3.8, 4) is 0 Å². The number of cyclic esters (lactones) is 2. The Bertz CT molecular complexity index is 326. The number of aliphatic hydroxyl groups excluding tert-OH is 1. The van der Waals surface area contributed by atoms with E-state index in [4.69, 9.17) is 14.6 Å². The molecule has 0 unspecified atom stereocenters. The lowest BCUT2D eigenvalue weighted by molar-refractivity contribution is -0.296. The summed E-state index contributed by atoms with van der Waals surface area (Å²) in [5.74, 6) is -3.70. The zero-order chi connectivity index (χ0) is 14.8. The maximum Gasteiger partial charge on any atom is 0.395 e. The molecule has 0 aliphatic carbocycles. The van der Waals surface area contributed by atoms with E-state index in [1.807, 2.05) is 0 Å². The van der Waals surface area contributed by atoms with E-state index >= 15 is 0 Å². The smallest absolute Gasteiger partial charge is 0.395 e. The highest BCUT2D eigenvalue weighted by molar-refractivity contribution is 5.72. The number of hydrogen-bond acceptors (Lipinski definition) is 6. The molecular weight excluding hydrogens is 264 g/mol. The highest BCUT2D eigenvalue weighted by Crippen LogP contribution is 2.18. The fraction of sp³-hybridized carbons (Fsp3) is 0.714. The summed E-state index contributed by atoms with van der Waals surface area (Å²) in [5, 5.41) is 18.7. The molecule has 6 heteroatoms. The molecule has 0 spiro atoms. The fourth-order valence-corrected chi connectivity index (χ4v) is 1.96. The molecule has 20 heavy (non-hydrogen) atoms. The third-order valence-corrected chi connectivity index (χ3v) is 2.97. The van der Waals surface area contributed by atoms with Crippen LogP contribution in [0.1, 0.15) is 51.4 Å². The summed E-state index contributed by atoms with van der Waals surface area (Å²) in [7, 11) is 0. The zero-order valence-electron chi connectivity index (χ0n) is 11.5. The standard InChI is InChI=1S/C14H22O6/c15-11-7-10-14(18)19-12(16)8-5-3-1-2-4-6-9-13(17)20-14/h7,10,15,18H,1-6,8-9,11H2/b10-7+. The molecule has 6 nitrogen and oxygen atoms in total. The van der Waals surface area contributed by atoms with Crippen LogP contribution in [0.3, 0.4) is 0 Å². The van der Waals surface area contributed by atoms with Crippen LogP contribution in [0.15, 0.2) is 12.2 Å². The van der Waals surface area contributed by atoms with Gasteiger partial charge >= 0.3 is 17.9 Å². The molecule has 0 aromatic rings. The molecule has 1 rings (SSSR count).